The molecule has 2 aliphatic rings. The third kappa shape index (κ3) is 3.39. The average molecular weight is 420 g/mol. The van der Waals surface area contributed by atoms with Crippen molar-refractivity contribution < 1.29 is 9.15 Å². The van der Waals surface area contributed by atoms with E-state index in [1.807, 2.05) is 61.3 Å². The number of aromatic nitrogens is 1. The lowest BCUT2D eigenvalue weighted by atomic mass is 10.0. The third-order valence-electron chi connectivity index (χ3n) is 5.70. The van der Waals surface area contributed by atoms with E-state index in [0.717, 1.165) is 45.9 Å². The van der Waals surface area contributed by atoms with E-state index in [4.69, 9.17) is 14.1 Å². The van der Waals surface area contributed by atoms with Gasteiger partial charge in [-0.1, -0.05) is 24.8 Å². The number of aliphatic imine (C=N–C) groups is 1. The SMILES string of the molecule is CCOc1ccc(-c2ccc([C@@H]3[C@H](c4ccccn4)N=C4SC[C@@H](CC)N43)o2)cc1. The van der Waals surface area contributed by atoms with E-state index >= 15 is 0 Å². The molecule has 4 heterocycles. The van der Waals surface area contributed by atoms with E-state index in [1.54, 1.807) is 0 Å². The summed E-state index contributed by atoms with van der Waals surface area (Å²) in [5, 5.41) is 1.11. The van der Waals surface area contributed by atoms with Crippen LogP contribution in [0.25, 0.3) is 11.3 Å². The van der Waals surface area contributed by atoms with Crippen LogP contribution in [-0.4, -0.2) is 33.5 Å². The molecule has 0 saturated carbocycles. The highest BCUT2D eigenvalue weighted by atomic mass is 32.2. The van der Waals surface area contributed by atoms with E-state index in [1.165, 1.54) is 0 Å². The molecule has 6 heteroatoms. The topological polar surface area (TPSA) is 50.9 Å². The Morgan fingerprint density at radius 3 is 2.70 bits per heavy atom. The van der Waals surface area contributed by atoms with Crippen LogP contribution in [0, 0.1) is 0 Å². The maximum atomic E-state index is 6.41. The maximum absolute atomic E-state index is 6.41. The van der Waals surface area contributed by atoms with Gasteiger partial charge >= 0.3 is 0 Å². The monoisotopic (exact) mass is 419 g/mol. The Balaban J connectivity index is 1.49. The summed E-state index contributed by atoms with van der Waals surface area (Å²) in [5.74, 6) is 3.75. The highest BCUT2D eigenvalue weighted by Gasteiger charge is 2.46. The second-order valence-electron chi connectivity index (χ2n) is 7.50. The van der Waals surface area contributed by atoms with Crippen molar-refractivity contribution in [2.45, 2.75) is 38.4 Å². The van der Waals surface area contributed by atoms with Gasteiger partial charge in [0.2, 0.25) is 0 Å². The number of hydrogen-bond acceptors (Lipinski definition) is 6. The molecular formula is C24H25N3O2S. The van der Waals surface area contributed by atoms with Crippen molar-refractivity contribution in [3.63, 3.8) is 0 Å². The van der Waals surface area contributed by atoms with Gasteiger partial charge in [0.1, 0.15) is 29.4 Å². The minimum Gasteiger partial charge on any atom is -0.494 e. The molecule has 1 aromatic carbocycles. The summed E-state index contributed by atoms with van der Waals surface area (Å²) in [4.78, 5) is 12.1. The lowest BCUT2D eigenvalue weighted by Gasteiger charge is -2.30. The Labute approximate surface area is 181 Å². The van der Waals surface area contributed by atoms with Crippen LogP contribution in [0.1, 0.15) is 43.8 Å². The molecule has 1 saturated heterocycles. The molecule has 5 rings (SSSR count). The molecule has 0 radical (unpaired) electrons. The van der Waals surface area contributed by atoms with Crippen LogP contribution in [0.3, 0.4) is 0 Å². The van der Waals surface area contributed by atoms with Crippen molar-refractivity contribution >= 4 is 16.9 Å². The van der Waals surface area contributed by atoms with Crippen molar-refractivity contribution in [2.75, 3.05) is 12.4 Å². The highest BCUT2D eigenvalue weighted by Crippen LogP contribution is 2.49. The van der Waals surface area contributed by atoms with E-state index in [2.05, 4.69) is 35.0 Å². The number of furan rings is 1. The van der Waals surface area contributed by atoms with Gasteiger partial charge in [-0.15, -0.1) is 0 Å². The zero-order valence-corrected chi connectivity index (χ0v) is 18.0. The number of ether oxygens (including phenoxy) is 1. The van der Waals surface area contributed by atoms with Crippen LogP contribution in [0.15, 0.2) is 70.2 Å². The zero-order valence-electron chi connectivity index (χ0n) is 17.2. The van der Waals surface area contributed by atoms with Gasteiger partial charge in [0.25, 0.3) is 0 Å². The predicted octanol–water partition coefficient (Wildman–Crippen LogP) is 5.72. The predicted molar refractivity (Wildman–Crippen MR) is 121 cm³/mol. The van der Waals surface area contributed by atoms with Crippen LogP contribution < -0.4 is 4.74 Å². The molecule has 0 unspecified atom stereocenters. The lowest BCUT2D eigenvalue weighted by molar-refractivity contribution is 0.226. The smallest absolute Gasteiger partial charge is 0.161 e. The van der Waals surface area contributed by atoms with E-state index in [0.29, 0.717) is 12.6 Å². The number of rotatable bonds is 6. The molecular weight excluding hydrogens is 394 g/mol. The molecule has 0 aliphatic carbocycles. The standard InChI is InChI=1S/C24H25N3O2S/c1-3-17-15-30-24-26-22(19-7-5-6-14-25-19)23(27(17)24)21-13-12-20(29-21)16-8-10-18(11-9-16)28-4-2/h5-14,17,22-23H,3-4,15H2,1-2H3/t17-,22+,23-/m1/s1. The largest absolute Gasteiger partial charge is 0.494 e. The average Bonchev–Trinajstić information content (AvgIpc) is 3.50. The summed E-state index contributed by atoms with van der Waals surface area (Å²) in [7, 11) is 0. The van der Waals surface area contributed by atoms with Crippen LogP contribution in [-0.2, 0) is 0 Å². The molecule has 3 aromatic rings. The lowest BCUT2D eigenvalue weighted by Crippen LogP contribution is -2.35. The van der Waals surface area contributed by atoms with Crippen LogP contribution in [0.2, 0.25) is 0 Å². The first kappa shape index (κ1) is 19.2. The van der Waals surface area contributed by atoms with Crippen molar-refractivity contribution in [3.05, 3.63) is 72.2 Å². The van der Waals surface area contributed by atoms with Gasteiger partial charge in [0.05, 0.1) is 12.3 Å². The second kappa shape index (κ2) is 8.19. The number of thioether (sulfide) groups is 1. The van der Waals surface area contributed by atoms with E-state index < -0.39 is 0 Å². The summed E-state index contributed by atoms with van der Waals surface area (Å²) in [6.07, 6.45) is 2.93. The summed E-state index contributed by atoms with van der Waals surface area (Å²) in [6.45, 7) is 4.89. The normalized spacial score (nSPS) is 22.8. The van der Waals surface area contributed by atoms with E-state index in [-0.39, 0.29) is 12.1 Å². The Kier molecular flexibility index (Phi) is 5.25. The first-order valence-electron chi connectivity index (χ1n) is 10.5. The van der Waals surface area contributed by atoms with Crippen LogP contribution in [0.5, 0.6) is 5.75 Å². The van der Waals surface area contributed by atoms with Gasteiger partial charge in [-0.05, 0) is 61.9 Å². The Morgan fingerprint density at radius 1 is 1.10 bits per heavy atom. The molecule has 0 bridgehead atoms. The second-order valence-corrected chi connectivity index (χ2v) is 8.48. The third-order valence-corrected chi connectivity index (χ3v) is 6.82. The van der Waals surface area contributed by atoms with Gasteiger partial charge in [0, 0.05) is 23.6 Å². The number of nitrogens with zero attached hydrogens (tertiary/aromatic N) is 3. The first-order chi connectivity index (χ1) is 14.8. The van der Waals surface area contributed by atoms with Gasteiger partial charge in [0.15, 0.2) is 5.17 Å². The van der Waals surface area contributed by atoms with Crippen molar-refractivity contribution in [1.82, 2.24) is 9.88 Å². The summed E-state index contributed by atoms with van der Waals surface area (Å²) in [5.41, 5.74) is 2.03. The fourth-order valence-electron chi connectivity index (χ4n) is 4.21. The Morgan fingerprint density at radius 2 is 1.97 bits per heavy atom. The van der Waals surface area contributed by atoms with Crippen molar-refractivity contribution in [2.24, 2.45) is 4.99 Å². The molecule has 0 N–H and O–H groups in total. The first-order valence-corrected chi connectivity index (χ1v) is 11.5. The van der Waals surface area contributed by atoms with Gasteiger partial charge < -0.3 is 14.1 Å². The number of hydrogen-bond donors (Lipinski definition) is 0. The molecule has 1 fully saturated rings. The summed E-state index contributed by atoms with van der Waals surface area (Å²) < 4.78 is 12.0. The molecule has 2 aliphatic heterocycles. The summed E-state index contributed by atoms with van der Waals surface area (Å²) in [6, 6.07) is 18.7. The molecule has 154 valence electrons. The minimum atomic E-state index is -0.0534. The number of pyridine rings is 1. The van der Waals surface area contributed by atoms with Gasteiger partial charge in [-0.25, -0.2) is 4.99 Å². The number of amidine groups is 1. The van der Waals surface area contributed by atoms with Crippen LogP contribution in [0.4, 0.5) is 0 Å². The molecule has 5 nitrogen and oxygen atoms in total. The van der Waals surface area contributed by atoms with Crippen LogP contribution >= 0.6 is 11.8 Å². The number of benzene rings is 1. The fourth-order valence-corrected chi connectivity index (χ4v) is 5.55. The van der Waals surface area contributed by atoms with Gasteiger partial charge in [-0.3, -0.25) is 4.98 Å². The Hall–Kier alpha value is -2.73. The molecule has 3 atom stereocenters. The summed E-state index contributed by atoms with van der Waals surface area (Å²) >= 11 is 1.84. The highest BCUT2D eigenvalue weighted by molar-refractivity contribution is 8.14. The van der Waals surface area contributed by atoms with Crippen molar-refractivity contribution in [3.8, 4) is 17.1 Å². The maximum Gasteiger partial charge on any atom is 0.161 e. The zero-order chi connectivity index (χ0) is 20.5. The quantitative estimate of drug-likeness (QED) is 0.511. The molecule has 0 amide bonds. The van der Waals surface area contributed by atoms with Crippen molar-refractivity contribution in [1.29, 1.82) is 0 Å². The minimum absolute atomic E-state index is 0.0336. The fraction of sp³-hybridized carbons (Fsp3) is 0.333. The molecule has 2 aromatic heterocycles. The van der Waals surface area contributed by atoms with E-state index in [9.17, 15) is 0 Å². The molecule has 0 spiro atoms. The van der Waals surface area contributed by atoms with Gasteiger partial charge in [-0.2, -0.15) is 0 Å². The molecule has 30 heavy (non-hydrogen) atoms. The Bertz CT molecular complexity index is 1030. The number of fused-ring (bicyclic) bond motifs is 1.